The van der Waals surface area contributed by atoms with Gasteiger partial charge in [-0.2, -0.15) is 0 Å². The molecule has 0 atom stereocenters. The Bertz CT molecular complexity index is 73.8. The summed E-state index contributed by atoms with van der Waals surface area (Å²) in [5.41, 5.74) is 0. The molecule has 0 saturated carbocycles. The summed E-state index contributed by atoms with van der Waals surface area (Å²) >= 11 is 0. The first-order chi connectivity index (χ1) is 3.92. The van der Waals surface area contributed by atoms with Gasteiger partial charge in [0, 0.05) is 0 Å². The molecule has 10 heavy (non-hydrogen) atoms. The predicted octanol–water partition coefficient (Wildman–Crippen LogP) is -1.26. The molecule has 0 amide bonds. The maximum Gasteiger partial charge on any atom is 0.0782 e. The van der Waals surface area contributed by atoms with Crippen molar-refractivity contribution in [1.82, 2.24) is 0 Å². The molecule has 1 nitrogen and oxygen atoms in total. The van der Waals surface area contributed by atoms with E-state index in [1.807, 2.05) is 0 Å². The Morgan fingerprint density at radius 3 is 1.60 bits per heavy atom. The van der Waals surface area contributed by atoms with Gasteiger partial charge in [0.1, 0.15) is 0 Å². The molecule has 0 aliphatic carbocycles. The summed E-state index contributed by atoms with van der Waals surface area (Å²) in [7, 11) is 6.72. The normalized spacial score (nSPS) is 11.4. The SMILES string of the molecule is CC(C)CC[N+](C)(C)C.[Cl-]. The van der Waals surface area contributed by atoms with Crippen molar-refractivity contribution in [3.05, 3.63) is 0 Å². The maximum atomic E-state index is 2.27. The zero-order valence-electron chi connectivity index (χ0n) is 7.82. The smallest absolute Gasteiger partial charge is 0.0782 e. The first kappa shape index (κ1) is 12.9. The van der Waals surface area contributed by atoms with Crippen LogP contribution in [0.5, 0.6) is 0 Å². The van der Waals surface area contributed by atoms with Crippen molar-refractivity contribution in [3.63, 3.8) is 0 Å². The summed E-state index contributed by atoms with van der Waals surface area (Å²) in [6.07, 6.45) is 1.34. The van der Waals surface area contributed by atoms with Gasteiger partial charge in [0.15, 0.2) is 0 Å². The van der Waals surface area contributed by atoms with Crippen molar-refractivity contribution >= 4 is 0 Å². The number of quaternary nitrogens is 1. The Morgan fingerprint density at radius 1 is 1.10 bits per heavy atom. The number of nitrogens with zero attached hydrogens (tertiary/aromatic N) is 1. The predicted molar refractivity (Wildman–Crippen MR) is 42.4 cm³/mol. The van der Waals surface area contributed by atoms with E-state index in [0.717, 1.165) is 10.4 Å². The van der Waals surface area contributed by atoms with Gasteiger partial charge in [0.2, 0.25) is 0 Å². The highest BCUT2D eigenvalue weighted by Crippen LogP contribution is 2.02. The molecule has 0 fully saturated rings. The Hall–Kier alpha value is 0.250. The van der Waals surface area contributed by atoms with Gasteiger partial charge in [-0.25, -0.2) is 0 Å². The van der Waals surface area contributed by atoms with E-state index < -0.39 is 0 Å². The third-order valence-corrected chi connectivity index (χ3v) is 1.38. The molecule has 0 radical (unpaired) electrons. The van der Waals surface area contributed by atoms with Crippen molar-refractivity contribution in [2.45, 2.75) is 20.3 Å². The number of hydrogen-bond donors (Lipinski definition) is 0. The highest BCUT2D eigenvalue weighted by atomic mass is 35.5. The monoisotopic (exact) mass is 165 g/mol. The molecular formula is C8H20ClN. The van der Waals surface area contributed by atoms with Gasteiger partial charge in [-0.15, -0.1) is 0 Å². The van der Waals surface area contributed by atoms with Crippen LogP contribution in [0.3, 0.4) is 0 Å². The fourth-order valence-corrected chi connectivity index (χ4v) is 0.645. The van der Waals surface area contributed by atoms with Crippen LogP contribution in [0.2, 0.25) is 0 Å². The van der Waals surface area contributed by atoms with Crippen molar-refractivity contribution < 1.29 is 16.9 Å². The summed E-state index contributed by atoms with van der Waals surface area (Å²) in [5.74, 6) is 0.849. The number of hydrogen-bond acceptors (Lipinski definition) is 0. The van der Waals surface area contributed by atoms with Gasteiger partial charge >= 0.3 is 0 Å². The van der Waals surface area contributed by atoms with E-state index in [-0.39, 0.29) is 12.4 Å². The van der Waals surface area contributed by atoms with E-state index in [1.165, 1.54) is 13.0 Å². The number of rotatable bonds is 3. The third kappa shape index (κ3) is 11.1. The van der Waals surface area contributed by atoms with Crippen LogP contribution in [0.15, 0.2) is 0 Å². The first-order valence-electron chi connectivity index (χ1n) is 3.72. The molecule has 0 aliphatic rings. The zero-order valence-corrected chi connectivity index (χ0v) is 8.57. The number of halogens is 1. The molecule has 2 heteroatoms. The molecule has 0 aliphatic heterocycles. The van der Waals surface area contributed by atoms with Crippen LogP contribution < -0.4 is 12.4 Å². The van der Waals surface area contributed by atoms with E-state index >= 15 is 0 Å². The molecule has 0 saturated heterocycles. The second kappa shape index (κ2) is 4.97. The molecule has 0 heterocycles. The fraction of sp³-hybridized carbons (Fsp3) is 1.00. The highest BCUT2D eigenvalue weighted by Gasteiger charge is 2.06. The van der Waals surface area contributed by atoms with Crippen molar-refractivity contribution in [1.29, 1.82) is 0 Å². The molecular weight excluding hydrogens is 146 g/mol. The average Bonchev–Trinajstić information content (AvgIpc) is 1.59. The topological polar surface area (TPSA) is 0 Å². The first-order valence-corrected chi connectivity index (χ1v) is 3.72. The fourth-order valence-electron chi connectivity index (χ4n) is 0.645. The van der Waals surface area contributed by atoms with Crippen molar-refractivity contribution in [2.24, 2.45) is 5.92 Å². The molecule has 0 spiro atoms. The minimum absolute atomic E-state index is 0. The molecule has 0 bridgehead atoms. The third-order valence-electron chi connectivity index (χ3n) is 1.38. The molecule has 0 N–H and O–H groups in total. The van der Waals surface area contributed by atoms with Crippen molar-refractivity contribution in [3.8, 4) is 0 Å². The van der Waals surface area contributed by atoms with Crippen LogP contribution in [0, 0.1) is 5.92 Å². The van der Waals surface area contributed by atoms with Crippen LogP contribution in [-0.4, -0.2) is 32.2 Å². The minimum Gasteiger partial charge on any atom is -1.00 e. The van der Waals surface area contributed by atoms with Gasteiger partial charge in [0.05, 0.1) is 27.7 Å². The van der Waals surface area contributed by atoms with E-state index in [1.54, 1.807) is 0 Å². The van der Waals surface area contributed by atoms with Gasteiger partial charge < -0.3 is 16.9 Å². The van der Waals surface area contributed by atoms with Gasteiger partial charge in [-0.1, -0.05) is 13.8 Å². The molecule has 0 unspecified atom stereocenters. The van der Waals surface area contributed by atoms with Gasteiger partial charge in [0.25, 0.3) is 0 Å². The van der Waals surface area contributed by atoms with E-state index in [0.29, 0.717) is 0 Å². The summed E-state index contributed by atoms with van der Waals surface area (Å²) in [5, 5.41) is 0. The Kier molecular flexibility index (Phi) is 6.41. The Morgan fingerprint density at radius 2 is 1.50 bits per heavy atom. The molecule has 64 valence electrons. The lowest BCUT2D eigenvalue weighted by Gasteiger charge is -2.24. The Balaban J connectivity index is 0. The van der Waals surface area contributed by atoms with E-state index in [9.17, 15) is 0 Å². The molecule has 0 rings (SSSR count). The minimum atomic E-state index is 0. The van der Waals surface area contributed by atoms with Crippen LogP contribution in [0.25, 0.3) is 0 Å². The van der Waals surface area contributed by atoms with Gasteiger partial charge in [-0.3, -0.25) is 0 Å². The summed E-state index contributed by atoms with van der Waals surface area (Å²) in [6.45, 7) is 5.84. The van der Waals surface area contributed by atoms with Crippen LogP contribution in [0.1, 0.15) is 20.3 Å². The Labute approximate surface area is 71.4 Å². The van der Waals surface area contributed by atoms with E-state index in [2.05, 4.69) is 35.0 Å². The average molecular weight is 166 g/mol. The van der Waals surface area contributed by atoms with E-state index in [4.69, 9.17) is 0 Å². The summed E-state index contributed by atoms with van der Waals surface area (Å²) in [6, 6.07) is 0. The summed E-state index contributed by atoms with van der Waals surface area (Å²) < 4.78 is 1.10. The standard InChI is InChI=1S/C8H20N.ClH/c1-8(2)6-7-9(3,4)5;/h8H,6-7H2,1-5H3;1H/q+1;/p-1. The quantitative estimate of drug-likeness (QED) is 0.459. The molecule has 0 aromatic rings. The highest BCUT2D eigenvalue weighted by molar-refractivity contribution is 4.41. The molecule has 0 aromatic carbocycles. The zero-order chi connectivity index (χ0) is 7.49. The van der Waals surface area contributed by atoms with Crippen LogP contribution >= 0.6 is 0 Å². The second-order valence-electron chi connectivity index (χ2n) is 4.20. The van der Waals surface area contributed by atoms with Gasteiger partial charge in [-0.05, 0) is 12.3 Å². The maximum absolute atomic E-state index is 2.27. The lowest BCUT2D eigenvalue weighted by atomic mass is 10.1. The van der Waals surface area contributed by atoms with Crippen LogP contribution in [0.4, 0.5) is 0 Å². The van der Waals surface area contributed by atoms with Crippen LogP contribution in [-0.2, 0) is 0 Å². The van der Waals surface area contributed by atoms with Crippen molar-refractivity contribution in [2.75, 3.05) is 27.7 Å². The second-order valence-corrected chi connectivity index (χ2v) is 4.20. The molecule has 0 aromatic heterocycles. The summed E-state index contributed by atoms with van der Waals surface area (Å²) in [4.78, 5) is 0. The lowest BCUT2D eigenvalue weighted by molar-refractivity contribution is -0.870. The lowest BCUT2D eigenvalue weighted by Crippen LogP contribution is -3.00. The largest absolute Gasteiger partial charge is 1.00 e.